The van der Waals surface area contributed by atoms with Crippen LogP contribution < -0.4 is 5.73 Å². The van der Waals surface area contributed by atoms with E-state index in [2.05, 4.69) is 11.7 Å². The number of anilines is 1. The zero-order valence-electron chi connectivity index (χ0n) is 6.04. The highest BCUT2D eigenvalue weighted by atomic mass is 15.3. The van der Waals surface area contributed by atoms with Crippen LogP contribution in [-0.2, 0) is 6.42 Å². The van der Waals surface area contributed by atoms with Crippen LogP contribution in [0.3, 0.4) is 0 Å². The van der Waals surface area contributed by atoms with Gasteiger partial charge in [0.1, 0.15) is 5.82 Å². The molecule has 3 heteroatoms. The van der Waals surface area contributed by atoms with Crippen molar-refractivity contribution in [1.29, 1.82) is 0 Å². The second-order valence-electron chi connectivity index (χ2n) is 2.06. The van der Waals surface area contributed by atoms with Crippen molar-refractivity contribution < 1.29 is 0 Å². The summed E-state index contributed by atoms with van der Waals surface area (Å²) in [6, 6.07) is 0. The van der Waals surface area contributed by atoms with E-state index >= 15 is 0 Å². The van der Waals surface area contributed by atoms with E-state index in [1.165, 1.54) is 0 Å². The molecule has 0 amide bonds. The molecule has 2 N–H and O–H groups in total. The summed E-state index contributed by atoms with van der Waals surface area (Å²) in [5, 5.41) is 3.98. The van der Waals surface area contributed by atoms with Crippen LogP contribution in [0, 0.1) is 0 Å². The van der Waals surface area contributed by atoms with E-state index in [9.17, 15) is 0 Å². The highest BCUT2D eigenvalue weighted by Crippen LogP contribution is 2.08. The molecule has 0 saturated carbocycles. The van der Waals surface area contributed by atoms with Crippen molar-refractivity contribution in [2.45, 2.75) is 13.3 Å². The lowest BCUT2D eigenvalue weighted by Gasteiger charge is -1.85. The molecule has 1 heterocycles. The van der Waals surface area contributed by atoms with Gasteiger partial charge in [-0.25, -0.2) is 4.68 Å². The number of nitrogens with two attached hydrogens (primary N) is 1. The SMILES string of the molecule is C=Cn1cc(CC)c(N)n1. The van der Waals surface area contributed by atoms with Gasteiger partial charge < -0.3 is 5.73 Å². The molecule has 1 aromatic rings. The largest absolute Gasteiger partial charge is 0.382 e. The van der Waals surface area contributed by atoms with Gasteiger partial charge in [0.15, 0.2) is 0 Å². The van der Waals surface area contributed by atoms with Gasteiger partial charge in [0.25, 0.3) is 0 Å². The van der Waals surface area contributed by atoms with Gasteiger partial charge in [0.2, 0.25) is 0 Å². The van der Waals surface area contributed by atoms with Crippen molar-refractivity contribution in [3.05, 3.63) is 18.3 Å². The van der Waals surface area contributed by atoms with Crippen molar-refractivity contribution in [3.8, 4) is 0 Å². The molecule has 0 saturated heterocycles. The Hall–Kier alpha value is -1.25. The first-order valence-electron chi connectivity index (χ1n) is 3.24. The Morgan fingerprint density at radius 1 is 1.90 bits per heavy atom. The molecule has 0 aliphatic heterocycles. The maximum absolute atomic E-state index is 5.55. The van der Waals surface area contributed by atoms with Crippen LogP contribution in [0.2, 0.25) is 0 Å². The second kappa shape index (κ2) is 2.56. The van der Waals surface area contributed by atoms with Crippen molar-refractivity contribution in [1.82, 2.24) is 9.78 Å². The van der Waals surface area contributed by atoms with Crippen LogP contribution in [0.4, 0.5) is 5.82 Å². The number of aryl methyl sites for hydroxylation is 1. The Morgan fingerprint density at radius 2 is 2.60 bits per heavy atom. The topological polar surface area (TPSA) is 43.8 Å². The fourth-order valence-electron chi connectivity index (χ4n) is 0.809. The van der Waals surface area contributed by atoms with Gasteiger partial charge in [-0.3, -0.25) is 0 Å². The summed E-state index contributed by atoms with van der Waals surface area (Å²) in [4.78, 5) is 0. The standard InChI is InChI=1S/C7H11N3/c1-3-6-5-10(4-2)9-7(6)8/h4-5H,2-3H2,1H3,(H2,8,9). The lowest BCUT2D eigenvalue weighted by molar-refractivity contribution is 0.942. The molecule has 0 aromatic carbocycles. The lowest BCUT2D eigenvalue weighted by Crippen LogP contribution is -1.90. The Bertz CT molecular complexity index is 237. The third-order valence-corrected chi connectivity index (χ3v) is 1.41. The maximum Gasteiger partial charge on any atom is 0.149 e. The van der Waals surface area contributed by atoms with E-state index in [4.69, 9.17) is 5.73 Å². The Balaban J connectivity index is 3.03. The summed E-state index contributed by atoms with van der Waals surface area (Å²) >= 11 is 0. The van der Waals surface area contributed by atoms with Crippen molar-refractivity contribution in [3.63, 3.8) is 0 Å². The van der Waals surface area contributed by atoms with Crippen LogP contribution in [0.25, 0.3) is 6.20 Å². The molecule has 0 atom stereocenters. The highest BCUT2D eigenvalue weighted by molar-refractivity contribution is 5.39. The molecule has 0 unspecified atom stereocenters. The zero-order chi connectivity index (χ0) is 7.56. The summed E-state index contributed by atoms with van der Waals surface area (Å²) in [7, 11) is 0. The number of hydrogen-bond donors (Lipinski definition) is 1. The second-order valence-corrected chi connectivity index (χ2v) is 2.06. The van der Waals surface area contributed by atoms with Crippen molar-refractivity contribution in [2.24, 2.45) is 0 Å². The first-order chi connectivity index (χ1) is 4.77. The van der Waals surface area contributed by atoms with Gasteiger partial charge in [0, 0.05) is 18.0 Å². The summed E-state index contributed by atoms with van der Waals surface area (Å²) < 4.78 is 1.62. The van der Waals surface area contributed by atoms with E-state index in [1.807, 2.05) is 13.1 Å². The van der Waals surface area contributed by atoms with E-state index in [-0.39, 0.29) is 0 Å². The van der Waals surface area contributed by atoms with Crippen LogP contribution in [0.15, 0.2) is 12.8 Å². The molecular weight excluding hydrogens is 126 g/mol. The summed E-state index contributed by atoms with van der Waals surface area (Å²) in [5.74, 6) is 0.599. The summed E-state index contributed by atoms with van der Waals surface area (Å²) in [6.07, 6.45) is 4.41. The number of hydrogen-bond acceptors (Lipinski definition) is 2. The first kappa shape index (κ1) is 6.86. The maximum atomic E-state index is 5.55. The third kappa shape index (κ3) is 1.03. The van der Waals surface area contributed by atoms with Crippen LogP contribution >= 0.6 is 0 Å². The van der Waals surface area contributed by atoms with Gasteiger partial charge in [-0.1, -0.05) is 13.5 Å². The Morgan fingerprint density at radius 3 is 2.90 bits per heavy atom. The molecule has 0 bridgehead atoms. The minimum absolute atomic E-state index is 0.599. The normalized spacial score (nSPS) is 9.70. The molecular formula is C7H11N3. The molecule has 3 nitrogen and oxygen atoms in total. The average Bonchev–Trinajstić information content (AvgIpc) is 2.30. The van der Waals surface area contributed by atoms with E-state index in [0.29, 0.717) is 5.82 Å². The van der Waals surface area contributed by atoms with Crippen molar-refractivity contribution >= 4 is 12.0 Å². The monoisotopic (exact) mass is 137 g/mol. The van der Waals surface area contributed by atoms with E-state index in [0.717, 1.165) is 12.0 Å². The molecule has 54 valence electrons. The smallest absolute Gasteiger partial charge is 0.149 e. The molecule has 0 aliphatic rings. The minimum atomic E-state index is 0.599. The Kier molecular flexibility index (Phi) is 1.76. The van der Waals surface area contributed by atoms with Gasteiger partial charge >= 0.3 is 0 Å². The van der Waals surface area contributed by atoms with Crippen LogP contribution in [0.1, 0.15) is 12.5 Å². The molecule has 0 fully saturated rings. The number of nitrogen functional groups attached to an aromatic ring is 1. The summed E-state index contributed by atoms with van der Waals surface area (Å²) in [6.45, 7) is 5.61. The quantitative estimate of drug-likeness (QED) is 0.664. The van der Waals surface area contributed by atoms with Gasteiger partial charge in [0.05, 0.1) is 0 Å². The lowest BCUT2D eigenvalue weighted by atomic mass is 10.3. The summed E-state index contributed by atoms with van der Waals surface area (Å²) in [5.41, 5.74) is 6.62. The van der Waals surface area contributed by atoms with Gasteiger partial charge in [-0.2, -0.15) is 5.10 Å². The van der Waals surface area contributed by atoms with Crippen LogP contribution in [-0.4, -0.2) is 9.78 Å². The first-order valence-corrected chi connectivity index (χ1v) is 3.24. The molecule has 0 spiro atoms. The number of aromatic nitrogens is 2. The minimum Gasteiger partial charge on any atom is -0.382 e. The third-order valence-electron chi connectivity index (χ3n) is 1.41. The predicted molar refractivity (Wildman–Crippen MR) is 42.4 cm³/mol. The van der Waals surface area contributed by atoms with Gasteiger partial charge in [-0.15, -0.1) is 0 Å². The highest BCUT2D eigenvalue weighted by Gasteiger charge is 1.99. The van der Waals surface area contributed by atoms with Crippen LogP contribution in [0.5, 0.6) is 0 Å². The van der Waals surface area contributed by atoms with E-state index < -0.39 is 0 Å². The van der Waals surface area contributed by atoms with E-state index in [1.54, 1.807) is 10.9 Å². The molecule has 0 aliphatic carbocycles. The fraction of sp³-hybridized carbons (Fsp3) is 0.286. The molecule has 1 rings (SSSR count). The molecule has 0 radical (unpaired) electrons. The van der Waals surface area contributed by atoms with Gasteiger partial charge in [-0.05, 0) is 6.42 Å². The number of nitrogens with zero attached hydrogens (tertiary/aromatic N) is 2. The fourth-order valence-corrected chi connectivity index (χ4v) is 0.809. The zero-order valence-corrected chi connectivity index (χ0v) is 6.04. The van der Waals surface area contributed by atoms with Crippen molar-refractivity contribution in [2.75, 3.05) is 5.73 Å². The molecule has 10 heavy (non-hydrogen) atoms. The predicted octanol–water partition coefficient (Wildman–Crippen LogP) is 1.13. The number of rotatable bonds is 2. The molecule has 1 aromatic heterocycles. The average molecular weight is 137 g/mol. The Labute approximate surface area is 60.1 Å².